The number of carboxylic acid groups (broad SMARTS) is 1. The van der Waals surface area contributed by atoms with Crippen molar-refractivity contribution in [2.75, 3.05) is 6.61 Å². The van der Waals surface area contributed by atoms with Crippen molar-refractivity contribution >= 4 is 17.7 Å². The molecule has 0 aromatic heterocycles. The van der Waals surface area contributed by atoms with Crippen LogP contribution in [0.3, 0.4) is 0 Å². The van der Waals surface area contributed by atoms with Gasteiger partial charge in [-0.1, -0.05) is 0 Å². The van der Waals surface area contributed by atoms with Gasteiger partial charge in [-0.2, -0.15) is 0 Å². The summed E-state index contributed by atoms with van der Waals surface area (Å²) in [6.45, 7) is 0.134. The summed E-state index contributed by atoms with van der Waals surface area (Å²) in [5.74, 6) is -3.89. The Bertz CT molecular complexity index is 388. The molecule has 23 heavy (non-hydrogen) atoms. The number of hydrogen-bond donors (Lipinski definition) is 7. The van der Waals surface area contributed by atoms with Crippen molar-refractivity contribution < 1.29 is 56.0 Å². The van der Waals surface area contributed by atoms with E-state index in [-0.39, 0.29) is 11.0 Å². The Kier molecular flexibility index (Phi) is 13.5. The van der Waals surface area contributed by atoms with Crippen LogP contribution in [0.25, 0.3) is 0 Å². The number of carboxylic acids is 1. The molecular weight excluding hydrogens is 322 g/mol. The second-order valence-corrected chi connectivity index (χ2v) is 4.46. The minimum absolute atomic E-state index is 0. The largest absolute Gasteiger partial charge is 0.475 e. The lowest BCUT2D eigenvalue weighted by Gasteiger charge is -2.32. The Balaban J connectivity index is -0.00000200. The van der Waals surface area contributed by atoms with Gasteiger partial charge in [-0.05, 0) is 0 Å². The first kappa shape index (κ1) is 26.2. The molecule has 0 saturated carbocycles. The smallest absolute Gasteiger partial charge is 0.372 e. The molecule has 0 radical (unpaired) electrons. The first-order valence-electron chi connectivity index (χ1n) is 5.98. The van der Waals surface area contributed by atoms with Gasteiger partial charge in [-0.25, -0.2) is 4.79 Å². The number of nitrogens with one attached hydrogen (secondary N) is 1. The molecule has 11 N–H and O–H groups in total. The maximum absolute atomic E-state index is 11.0. The number of ketones is 1. The molecule has 1 amide bonds. The zero-order valence-corrected chi connectivity index (χ0v) is 12.2. The van der Waals surface area contributed by atoms with E-state index in [1.807, 2.05) is 5.32 Å². The van der Waals surface area contributed by atoms with Crippen LogP contribution in [0.5, 0.6) is 0 Å². The molecule has 0 aliphatic heterocycles. The van der Waals surface area contributed by atoms with E-state index in [4.69, 9.17) is 10.2 Å². The highest BCUT2D eigenvalue weighted by Crippen LogP contribution is 2.11. The monoisotopic (exact) mass is 345 g/mol. The van der Waals surface area contributed by atoms with Gasteiger partial charge in [0.1, 0.15) is 18.3 Å². The number of aliphatic hydroxyl groups is 5. The number of Topliss-reactive ketones (excluding diaryl/α,β-unsaturated/α-hetero) is 1. The second-order valence-electron chi connectivity index (χ2n) is 4.46. The highest BCUT2D eigenvalue weighted by molar-refractivity contribution is 6.32. The summed E-state index contributed by atoms with van der Waals surface area (Å²) in [5.41, 5.74) is 0. The van der Waals surface area contributed by atoms with E-state index in [0.717, 1.165) is 6.92 Å². The average Bonchev–Trinajstić information content (AvgIpc) is 2.41. The number of amides is 1. The SMILES string of the molecule is CC(=O)N[C@@H]([C@@H](O)[C@H](O)[C@H](O)CO)[C@@H](O)CC(=O)C(=O)O.O.O. The quantitative estimate of drug-likeness (QED) is 0.196. The fourth-order valence-electron chi connectivity index (χ4n) is 1.60. The minimum Gasteiger partial charge on any atom is -0.475 e. The lowest BCUT2D eigenvalue weighted by Crippen LogP contribution is -2.57. The number of aliphatic carboxylic acids is 1. The first-order chi connectivity index (χ1) is 9.61. The molecular formula is C11H23NO11. The third-order valence-electron chi connectivity index (χ3n) is 2.72. The number of carbonyl (C=O) groups is 3. The zero-order valence-electron chi connectivity index (χ0n) is 12.2. The Morgan fingerprint density at radius 3 is 1.78 bits per heavy atom. The summed E-state index contributed by atoms with van der Waals surface area (Å²) in [7, 11) is 0. The number of aliphatic hydroxyl groups excluding tert-OH is 5. The van der Waals surface area contributed by atoms with Crippen LogP contribution in [-0.4, -0.2) is 96.3 Å². The van der Waals surface area contributed by atoms with E-state index in [0.29, 0.717) is 0 Å². The fraction of sp³-hybridized carbons (Fsp3) is 0.727. The van der Waals surface area contributed by atoms with Crippen LogP contribution in [0.4, 0.5) is 0 Å². The van der Waals surface area contributed by atoms with Crippen LogP contribution in [0.1, 0.15) is 13.3 Å². The van der Waals surface area contributed by atoms with Crippen molar-refractivity contribution in [2.45, 2.75) is 43.8 Å². The Morgan fingerprint density at radius 1 is 0.957 bits per heavy atom. The van der Waals surface area contributed by atoms with Gasteiger partial charge in [0, 0.05) is 13.3 Å². The molecule has 0 rings (SSSR count). The molecule has 5 atom stereocenters. The lowest BCUT2D eigenvalue weighted by molar-refractivity contribution is -0.151. The van der Waals surface area contributed by atoms with Gasteiger partial charge in [-0.3, -0.25) is 9.59 Å². The van der Waals surface area contributed by atoms with E-state index >= 15 is 0 Å². The molecule has 0 bridgehead atoms. The molecule has 0 aliphatic rings. The summed E-state index contributed by atoms with van der Waals surface area (Å²) < 4.78 is 0. The number of carbonyl (C=O) groups excluding carboxylic acids is 2. The van der Waals surface area contributed by atoms with Crippen LogP contribution < -0.4 is 5.32 Å². The normalized spacial score (nSPS) is 16.6. The van der Waals surface area contributed by atoms with Gasteiger partial charge in [0.2, 0.25) is 11.7 Å². The van der Waals surface area contributed by atoms with Gasteiger partial charge in [-0.15, -0.1) is 0 Å². The van der Waals surface area contributed by atoms with Crippen LogP contribution in [0.15, 0.2) is 0 Å². The summed E-state index contributed by atoms with van der Waals surface area (Å²) in [4.78, 5) is 32.4. The van der Waals surface area contributed by atoms with Gasteiger partial charge >= 0.3 is 5.97 Å². The molecule has 0 aromatic carbocycles. The van der Waals surface area contributed by atoms with E-state index in [1.165, 1.54) is 0 Å². The molecule has 0 aliphatic carbocycles. The molecule has 0 unspecified atom stereocenters. The molecule has 0 spiro atoms. The zero-order chi connectivity index (χ0) is 16.7. The Morgan fingerprint density at radius 2 is 1.43 bits per heavy atom. The van der Waals surface area contributed by atoms with E-state index in [2.05, 4.69) is 0 Å². The highest BCUT2D eigenvalue weighted by Gasteiger charge is 2.37. The van der Waals surface area contributed by atoms with Crippen LogP contribution in [0, 0.1) is 0 Å². The van der Waals surface area contributed by atoms with E-state index < -0.39 is 61.1 Å². The van der Waals surface area contributed by atoms with Crippen LogP contribution in [-0.2, 0) is 14.4 Å². The third-order valence-corrected chi connectivity index (χ3v) is 2.72. The van der Waals surface area contributed by atoms with Crippen LogP contribution >= 0.6 is 0 Å². The Labute approximate surface area is 130 Å². The Hall–Kier alpha value is -1.67. The molecule has 12 heteroatoms. The molecule has 0 heterocycles. The van der Waals surface area contributed by atoms with Crippen molar-refractivity contribution in [1.29, 1.82) is 0 Å². The minimum atomic E-state index is -1.94. The maximum atomic E-state index is 11.0. The molecule has 0 saturated heterocycles. The molecule has 0 aromatic rings. The van der Waals surface area contributed by atoms with Gasteiger partial charge in [0.05, 0.1) is 18.8 Å². The summed E-state index contributed by atoms with van der Waals surface area (Å²) in [6, 6.07) is -1.61. The predicted octanol–water partition coefficient (Wildman–Crippen LogP) is -5.68. The van der Waals surface area contributed by atoms with Crippen LogP contribution in [0.2, 0.25) is 0 Å². The lowest BCUT2D eigenvalue weighted by atomic mass is 9.94. The first-order valence-corrected chi connectivity index (χ1v) is 5.98. The van der Waals surface area contributed by atoms with E-state index in [1.54, 1.807) is 0 Å². The number of rotatable bonds is 9. The third kappa shape index (κ3) is 8.51. The van der Waals surface area contributed by atoms with Crippen molar-refractivity contribution in [3.8, 4) is 0 Å². The predicted molar refractivity (Wildman–Crippen MR) is 73.2 cm³/mol. The molecule has 12 nitrogen and oxygen atoms in total. The summed E-state index contributed by atoms with van der Waals surface area (Å²) in [5, 5.41) is 57.4. The van der Waals surface area contributed by atoms with Gasteiger partial charge < -0.3 is 46.9 Å². The fourth-order valence-corrected chi connectivity index (χ4v) is 1.60. The van der Waals surface area contributed by atoms with E-state index in [9.17, 15) is 34.8 Å². The van der Waals surface area contributed by atoms with Gasteiger partial charge in [0.15, 0.2) is 0 Å². The van der Waals surface area contributed by atoms with Crippen molar-refractivity contribution in [1.82, 2.24) is 5.32 Å². The highest BCUT2D eigenvalue weighted by atomic mass is 16.4. The van der Waals surface area contributed by atoms with Crippen molar-refractivity contribution in [3.63, 3.8) is 0 Å². The summed E-state index contributed by atoms with van der Waals surface area (Å²) >= 11 is 0. The van der Waals surface area contributed by atoms with Gasteiger partial charge in [0.25, 0.3) is 0 Å². The molecule has 0 fully saturated rings. The summed E-state index contributed by atoms with van der Waals surface area (Å²) in [6.07, 6.45) is -8.35. The van der Waals surface area contributed by atoms with Crippen molar-refractivity contribution in [2.24, 2.45) is 0 Å². The van der Waals surface area contributed by atoms with Crippen molar-refractivity contribution in [3.05, 3.63) is 0 Å². The average molecular weight is 345 g/mol. The number of hydrogen-bond acceptors (Lipinski definition) is 8. The molecule has 138 valence electrons. The maximum Gasteiger partial charge on any atom is 0.372 e. The topological polar surface area (TPSA) is 248 Å². The second kappa shape index (κ2) is 11.8. The standard InChI is InChI=1S/C11H19NO9.2H2O/c1-4(14)12-8(5(15)2-6(16)11(20)21)10(19)9(18)7(17)3-13;;/h5,7-10,13,15,17-19H,2-3H2,1H3,(H,12,14)(H,20,21);2*1H2/t5-,7+,8+,9+,10+;;/m0../s1.